The Balaban J connectivity index is 1.68. The summed E-state index contributed by atoms with van der Waals surface area (Å²) in [5, 5.41) is 0. The number of aromatic amines is 1. The molecule has 1 saturated heterocycles. The molecule has 0 saturated carbocycles. The minimum Gasteiger partial charge on any atom is -0.367 e. The van der Waals surface area contributed by atoms with Crippen LogP contribution in [0.5, 0.6) is 0 Å². The van der Waals surface area contributed by atoms with Gasteiger partial charge in [-0.05, 0) is 31.0 Å². The lowest BCUT2D eigenvalue weighted by Gasteiger charge is -2.22. The summed E-state index contributed by atoms with van der Waals surface area (Å²) in [7, 11) is 0. The van der Waals surface area contributed by atoms with Gasteiger partial charge < -0.3 is 14.8 Å². The Morgan fingerprint density at radius 3 is 2.30 bits per heavy atom. The fourth-order valence-corrected chi connectivity index (χ4v) is 2.95. The highest BCUT2D eigenvalue weighted by molar-refractivity contribution is 5.96. The molecule has 0 bridgehead atoms. The molecule has 1 aromatic carbocycles. The quantitative estimate of drug-likeness (QED) is 0.925. The molecule has 0 aliphatic carbocycles. The van der Waals surface area contributed by atoms with Gasteiger partial charge in [0.05, 0.1) is 5.56 Å². The van der Waals surface area contributed by atoms with Gasteiger partial charge in [-0.25, -0.2) is 0 Å². The first kappa shape index (κ1) is 15.3. The number of hydrogen-bond acceptors (Lipinski definition) is 2. The van der Waals surface area contributed by atoms with Gasteiger partial charge in [0.2, 0.25) is 0 Å². The van der Waals surface area contributed by atoms with Crippen LogP contribution in [0.2, 0.25) is 0 Å². The summed E-state index contributed by atoms with van der Waals surface area (Å²) in [6.07, 6.45) is 4.26. The van der Waals surface area contributed by atoms with Crippen LogP contribution in [0.3, 0.4) is 0 Å². The van der Waals surface area contributed by atoms with E-state index in [9.17, 15) is 9.59 Å². The van der Waals surface area contributed by atoms with E-state index in [0.29, 0.717) is 31.7 Å². The second-order valence-electron chi connectivity index (χ2n) is 5.85. The Morgan fingerprint density at radius 1 is 0.957 bits per heavy atom. The maximum absolute atomic E-state index is 12.7. The average molecular weight is 311 g/mol. The van der Waals surface area contributed by atoms with Crippen LogP contribution in [-0.4, -0.2) is 52.8 Å². The van der Waals surface area contributed by atoms with E-state index in [2.05, 4.69) is 4.98 Å². The number of benzene rings is 1. The standard InChI is InChI=1S/C18H21N3O2/c1-14-5-2-3-6-16(14)18(23)21-10-4-9-20(11-12-21)17(22)15-7-8-19-13-15/h2-3,5-8,13,19H,4,9-12H2,1H3. The summed E-state index contributed by atoms with van der Waals surface area (Å²) < 4.78 is 0. The fourth-order valence-electron chi connectivity index (χ4n) is 2.95. The van der Waals surface area contributed by atoms with Crippen molar-refractivity contribution in [2.75, 3.05) is 26.2 Å². The van der Waals surface area contributed by atoms with Crippen LogP contribution < -0.4 is 0 Å². The number of aromatic nitrogens is 1. The predicted molar refractivity (Wildman–Crippen MR) is 88.4 cm³/mol. The number of carbonyl (C=O) groups is 2. The highest BCUT2D eigenvalue weighted by atomic mass is 16.2. The van der Waals surface area contributed by atoms with Gasteiger partial charge in [0, 0.05) is 44.1 Å². The number of rotatable bonds is 2. The number of H-pyrrole nitrogens is 1. The van der Waals surface area contributed by atoms with Crippen molar-refractivity contribution in [1.29, 1.82) is 0 Å². The molecule has 5 nitrogen and oxygen atoms in total. The van der Waals surface area contributed by atoms with Crippen molar-refractivity contribution in [3.8, 4) is 0 Å². The number of carbonyl (C=O) groups excluding carboxylic acids is 2. The molecule has 0 unspecified atom stereocenters. The lowest BCUT2D eigenvalue weighted by Crippen LogP contribution is -2.37. The highest BCUT2D eigenvalue weighted by Gasteiger charge is 2.24. The first-order valence-electron chi connectivity index (χ1n) is 7.94. The van der Waals surface area contributed by atoms with Gasteiger partial charge in [0.1, 0.15) is 0 Å². The maximum atomic E-state index is 12.7. The third-order valence-electron chi connectivity index (χ3n) is 4.29. The molecular weight excluding hydrogens is 290 g/mol. The molecule has 2 aromatic rings. The van der Waals surface area contributed by atoms with Gasteiger partial charge in [0.25, 0.3) is 11.8 Å². The Labute approximate surface area is 135 Å². The molecule has 1 aliphatic rings. The summed E-state index contributed by atoms with van der Waals surface area (Å²) in [6, 6.07) is 9.42. The van der Waals surface area contributed by atoms with Crippen molar-refractivity contribution in [3.63, 3.8) is 0 Å². The van der Waals surface area contributed by atoms with Gasteiger partial charge in [-0.1, -0.05) is 18.2 Å². The molecule has 3 rings (SSSR count). The molecule has 0 atom stereocenters. The third-order valence-corrected chi connectivity index (χ3v) is 4.29. The van der Waals surface area contributed by atoms with E-state index in [1.54, 1.807) is 18.5 Å². The van der Waals surface area contributed by atoms with Crippen molar-refractivity contribution < 1.29 is 9.59 Å². The Kier molecular flexibility index (Phi) is 4.46. The normalized spacial score (nSPS) is 15.3. The van der Waals surface area contributed by atoms with E-state index in [1.807, 2.05) is 41.0 Å². The topological polar surface area (TPSA) is 56.4 Å². The summed E-state index contributed by atoms with van der Waals surface area (Å²) in [4.78, 5) is 31.7. The van der Waals surface area contributed by atoms with Crippen LogP contribution >= 0.6 is 0 Å². The minimum absolute atomic E-state index is 0.0245. The lowest BCUT2D eigenvalue weighted by atomic mass is 10.1. The minimum atomic E-state index is 0.0245. The molecule has 1 aromatic heterocycles. The molecule has 1 fully saturated rings. The highest BCUT2D eigenvalue weighted by Crippen LogP contribution is 2.14. The second kappa shape index (κ2) is 6.69. The molecule has 120 valence electrons. The molecule has 1 aliphatic heterocycles. The molecule has 5 heteroatoms. The van der Waals surface area contributed by atoms with E-state index in [4.69, 9.17) is 0 Å². The van der Waals surface area contributed by atoms with Gasteiger partial charge in [0.15, 0.2) is 0 Å². The summed E-state index contributed by atoms with van der Waals surface area (Å²) >= 11 is 0. The van der Waals surface area contributed by atoms with E-state index in [1.165, 1.54) is 0 Å². The number of nitrogens with one attached hydrogen (secondary N) is 1. The first-order valence-corrected chi connectivity index (χ1v) is 7.94. The number of amides is 2. The van der Waals surface area contributed by atoms with E-state index in [0.717, 1.165) is 17.5 Å². The van der Waals surface area contributed by atoms with Crippen LogP contribution in [0, 0.1) is 6.92 Å². The fraction of sp³-hybridized carbons (Fsp3) is 0.333. The zero-order valence-electron chi connectivity index (χ0n) is 13.3. The second-order valence-corrected chi connectivity index (χ2v) is 5.85. The Hall–Kier alpha value is -2.56. The van der Waals surface area contributed by atoms with Crippen LogP contribution in [0.25, 0.3) is 0 Å². The first-order chi connectivity index (χ1) is 11.2. The lowest BCUT2D eigenvalue weighted by molar-refractivity contribution is 0.0718. The molecule has 0 radical (unpaired) electrons. The zero-order chi connectivity index (χ0) is 16.2. The van der Waals surface area contributed by atoms with Gasteiger partial charge >= 0.3 is 0 Å². The van der Waals surface area contributed by atoms with Gasteiger partial charge in [-0.3, -0.25) is 9.59 Å². The zero-order valence-corrected chi connectivity index (χ0v) is 13.3. The van der Waals surface area contributed by atoms with Crippen LogP contribution in [-0.2, 0) is 0 Å². The van der Waals surface area contributed by atoms with Crippen molar-refractivity contribution in [1.82, 2.24) is 14.8 Å². The Bertz CT molecular complexity index is 694. The smallest absolute Gasteiger partial charge is 0.255 e. The van der Waals surface area contributed by atoms with Crippen molar-refractivity contribution in [2.24, 2.45) is 0 Å². The van der Waals surface area contributed by atoms with Crippen molar-refractivity contribution in [3.05, 3.63) is 59.4 Å². The number of aryl methyl sites for hydroxylation is 1. The molecule has 2 amide bonds. The molecular formula is C18H21N3O2. The molecule has 1 N–H and O–H groups in total. The molecule has 2 heterocycles. The SMILES string of the molecule is Cc1ccccc1C(=O)N1CCCN(C(=O)c2cc[nH]c2)CC1. The number of nitrogens with zero attached hydrogens (tertiary/aromatic N) is 2. The predicted octanol–water partition coefficient (Wildman–Crippen LogP) is 2.31. The summed E-state index contributed by atoms with van der Waals surface area (Å²) in [5.41, 5.74) is 2.41. The summed E-state index contributed by atoms with van der Waals surface area (Å²) in [5.74, 6) is 0.0792. The average Bonchev–Trinajstić information content (AvgIpc) is 2.98. The molecule has 0 spiro atoms. The molecule has 23 heavy (non-hydrogen) atoms. The van der Waals surface area contributed by atoms with Gasteiger partial charge in [-0.2, -0.15) is 0 Å². The van der Waals surface area contributed by atoms with Crippen molar-refractivity contribution >= 4 is 11.8 Å². The largest absolute Gasteiger partial charge is 0.367 e. The van der Waals surface area contributed by atoms with Crippen molar-refractivity contribution in [2.45, 2.75) is 13.3 Å². The summed E-state index contributed by atoms with van der Waals surface area (Å²) in [6.45, 7) is 4.46. The van der Waals surface area contributed by atoms with Crippen LogP contribution in [0.1, 0.15) is 32.7 Å². The van der Waals surface area contributed by atoms with Crippen LogP contribution in [0.4, 0.5) is 0 Å². The van der Waals surface area contributed by atoms with E-state index < -0.39 is 0 Å². The maximum Gasteiger partial charge on any atom is 0.255 e. The van der Waals surface area contributed by atoms with E-state index in [-0.39, 0.29) is 11.8 Å². The van der Waals surface area contributed by atoms with Gasteiger partial charge in [-0.15, -0.1) is 0 Å². The van der Waals surface area contributed by atoms with Crippen LogP contribution in [0.15, 0.2) is 42.7 Å². The Morgan fingerprint density at radius 2 is 1.65 bits per heavy atom. The monoisotopic (exact) mass is 311 g/mol. The third kappa shape index (κ3) is 3.28. The van der Waals surface area contributed by atoms with E-state index >= 15 is 0 Å². The number of hydrogen-bond donors (Lipinski definition) is 1.